The van der Waals surface area contributed by atoms with Crippen LogP contribution in [0.4, 0.5) is 13.2 Å². The van der Waals surface area contributed by atoms with Gasteiger partial charge in [0.1, 0.15) is 0 Å². The lowest BCUT2D eigenvalue weighted by Crippen LogP contribution is -2.40. The third-order valence-corrected chi connectivity index (χ3v) is 7.67. The summed E-state index contributed by atoms with van der Waals surface area (Å²) in [6.45, 7) is 3.77. The number of alkyl halides is 3. The standard InChI is InChI=1S/C27H29F3N4S/c1-17-16-20(18(2)33(17)23-14-7-6-12-21(23)27(28,29)30)25-24(22-13-8-9-15-31-22)32-26(35)34(25)19-10-4-3-5-11-19/h6-9,12-16,19,24-25H,3-5,10-11H2,1-2H3,(H,32,35)/t24-,25+/m1/s1. The Labute approximate surface area is 209 Å². The van der Waals surface area contributed by atoms with Crippen LogP contribution in [0.15, 0.2) is 54.7 Å². The van der Waals surface area contributed by atoms with Crippen molar-refractivity contribution in [3.8, 4) is 5.69 Å². The van der Waals surface area contributed by atoms with Crippen LogP contribution in [-0.2, 0) is 6.18 Å². The number of benzene rings is 1. The highest BCUT2D eigenvalue weighted by Gasteiger charge is 2.44. The van der Waals surface area contributed by atoms with Crippen molar-refractivity contribution in [2.45, 2.75) is 70.3 Å². The van der Waals surface area contributed by atoms with Gasteiger partial charge in [0.15, 0.2) is 5.11 Å². The average Bonchev–Trinajstić information content (AvgIpc) is 3.34. The summed E-state index contributed by atoms with van der Waals surface area (Å²) in [6, 6.07) is 13.6. The number of halogens is 3. The van der Waals surface area contributed by atoms with Crippen LogP contribution in [0.5, 0.6) is 0 Å². The fraction of sp³-hybridized carbons (Fsp3) is 0.407. The Morgan fingerprint density at radius 1 is 1.00 bits per heavy atom. The summed E-state index contributed by atoms with van der Waals surface area (Å²) in [6.07, 6.45) is 2.98. The Balaban J connectivity index is 1.65. The van der Waals surface area contributed by atoms with E-state index in [1.807, 2.05) is 38.1 Å². The lowest BCUT2D eigenvalue weighted by Gasteiger charge is -2.37. The van der Waals surface area contributed by atoms with E-state index in [9.17, 15) is 13.2 Å². The summed E-state index contributed by atoms with van der Waals surface area (Å²) in [5, 5.41) is 4.20. The zero-order valence-corrected chi connectivity index (χ0v) is 20.7. The molecule has 1 N–H and O–H groups in total. The first-order valence-corrected chi connectivity index (χ1v) is 12.5. The van der Waals surface area contributed by atoms with Crippen molar-refractivity contribution < 1.29 is 13.2 Å². The van der Waals surface area contributed by atoms with Crippen molar-refractivity contribution in [3.63, 3.8) is 0 Å². The molecule has 8 heteroatoms. The molecule has 1 saturated heterocycles. The summed E-state index contributed by atoms with van der Waals surface area (Å²) in [5.41, 5.74) is 2.91. The molecule has 1 aromatic carbocycles. The van der Waals surface area contributed by atoms with Gasteiger partial charge in [0.05, 0.1) is 29.0 Å². The van der Waals surface area contributed by atoms with Gasteiger partial charge >= 0.3 is 6.18 Å². The Kier molecular flexibility index (Phi) is 6.34. The van der Waals surface area contributed by atoms with Gasteiger partial charge in [-0.3, -0.25) is 4.98 Å². The van der Waals surface area contributed by atoms with Gasteiger partial charge in [-0.05, 0) is 74.8 Å². The average molecular weight is 499 g/mol. The molecule has 2 fully saturated rings. The van der Waals surface area contributed by atoms with E-state index in [-0.39, 0.29) is 17.8 Å². The highest BCUT2D eigenvalue weighted by molar-refractivity contribution is 7.80. The summed E-state index contributed by atoms with van der Waals surface area (Å²) in [4.78, 5) is 6.91. The molecule has 0 bridgehead atoms. The number of aryl methyl sites for hydroxylation is 1. The van der Waals surface area contributed by atoms with Crippen LogP contribution in [0.3, 0.4) is 0 Å². The van der Waals surface area contributed by atoms with Crippen LogP contribution in [0.25, 0.3) is 5.69 Å². The molecule has 2 aliphatic rings. The third-order valence-electron chi connectivity index (χ3n) is 7.34. The molecule has 5 rings (SSSR count). The van der Waals surface area contributed by atoms with Gasteiger partial charge in [0.25, 0.3) is 0 Å². The van der Waals surface area contributed by atoms with Crippen molar-refractivity contribution in [2.24, 2.45) is 0 Å². The van der Waals surface area contributed by atoms with E-state index < -0.39 is 11.7 Å². The second kappa shape index (κ2) is 9.30. The van der Waals surface area contributed by atoms with E-state index in [1.54, 1.807) is 22.9 Å². The minimum Gasteiger partial charge on any atom is -0.352 e. The lowest BCUT2D eigenvalue weighted by atomic mass is 9.90. The van der Waals surface area contributed by atoms with Gasteiger partial charge in [-0.2, -0.15) is 13.2 Å². The minimum absolute atomic E-state index is 0.147. The Bertz CT molecular complexity index is 1210. The van der Waals surface area contributed by atoms with Crippen molar-refractivity contribution in [1.82, 2.24) is 19.8 Å². The molecule has 0 spiro atoms. The summed E-state index contributed by atoms with van der Waals surface area (Å²) < 4.78 is 43.4. The molecule has 2 atom stereocenters. The van der Waals surface area contributed by atoms with Crippen LogP contribution in [0.2, 0.25) is 0 Å². The summed E-state index contributed by atoms with van der Waals surface area (Å²) in [7, 11) is 0. The van der Waals surface area contributed by atoms with Gasteiger partial charge < -0.3 is 14.8 Å². The minimum atomic E-state index is -4.44. The predicted octanol–water partition coefficient (Wildman–Crippen LogP) is 6.81. The molecule has 1 aliphatic heterocycles. The molecule has 0 unspecified atom stereocenters. The molecule has 184 valence electrons. The van der Waals surface area contributed by atoms with Gasteiger partial charge in [0.2, 0.25) is 0 Å². The first kappa shape index (κ1) is 23.9. The number of para-hydroxylation sites is 1. The fourth-order valence-electron chi connectivity index (χ4n) is 5.82. The number of rotatable bonds is 4. The lowest BCUT2D eigenvalue weighted by molar-refractivity contribution is -0.137. The maximum Gasteiger partial charge on any atom is 0.418 e. The number of thiocarbonyl (C=S) groups is 1. The van der Waals surface area contributed by atoms with Crippen molar-refractivity contribution in [3.05, 3.63) is 82.9 Å². The highest BCUT2D eigenvalue weighted by atomic mass is 32.1. The largest absolute Gasteiger partial charge is 0.418 e. The van der Waals surface area contributed by atoms with E-state index in [1.165, 1.54) is 12.5 Å². The highest BCUT2D eigenvalue weighted by Crippen LogP contribution is 2.45. The van der Waals surface area contributed by atoms with Crippen LogP contribution in [-0.4, -0.2) is 25.6 Å². The topological polar surface area (TPSA) is 33.1 Å². The first-order chi connectivity index (χ1) is 16.8. The molecular weight excluding hydrogens is 469 g/mol. The van der Waals surface area contributed by atoms with E-state index in [4.69, 9.17) is 12.2 Å². The number of nitrogens with zero attached hydrogens (tertiary/aromatic N) is 3. The molecule has 1 saturated carbocycles. The Morgan fingerprint density at radius 2 is 1.71 bits per heavy atom. The van der Waals surface area contributed by atoms with Crippen molar-refractivity contribution in [2.75, 3.05) is 0 Å². The van der Waals surface area contributed by atoms with Crippen LogP contribution < -0.4 is 5.32 Å². The second-order valence-electron chi connectivity index (χ2n) is 9.50. The van der Waals surface area contributed by atoms with Crippen LogP contribution in [0.1, 0.15) is 72.4 Å². The summed E-state index contributed by atoms with van der Waals surface area (Å²) >= 11 is 5.85. The molecule has 4 nitrogen and oxygen atoms in total. The second-order valence-corrected chi connectivity index (χ2v) is 9.89. The van der Waals surface area contributed by atoms with Crippen molar-refractivity contribution >= 4 is 17.3 Å². The van der Waals surface area contributed by atoms with E-state index in [2.05, 4.69) is 15.2 Å². The molecule has 3 heterocycles. The van der Waals surface area contributed by atoms with Crippen LogP contribution in [0, 0.1) is 13.8 Å². The Morgan fingerprint density at radius 3 is 2.40 bits per heavy atom. The zero-order valence-electron chi connectivity index (χ0n) is 19.8. The first-order valence-electron chi connectivity index (χ1n) is 12.1. The smallest absolute Gasteiger partial charge is 0.352 e. The quantitative estimate of drug-likeness (QED) is 0.401. The SMILES string of the molecule is Cc1cc([C@H]2[C@@H](c3ccccn3)NC(=S)N2C2CCCCC2)c(C)n1-c1ccccc1C(F)(F)F. The number of pyridine rings is 1. The van der Waals surface area contributed by atoms with E-state index >= 15 is 0 Å². The monoisotopic (exact) mass is 498 g/mol. The van der Waals surface area contributed by atoms with Gasteiger partial charge in [-0.15, -0.1) is 0 Å². The van der Waals surface area contributed by atoms with Crippen LogP contribution >= 0.6 is 12.2 Å². The zero-order chi connectivity index (χ0) is 24.7. The maximum absolute atomic E-state index is 13.9. The van der Waals surface area contributed by atoms with Gasteiger partial charge in [0, 0.05) is 23.6 Å². The Hall–Kier alpha value is -2.87. The number of hydrogen-bond acceptors (Lipinski definition) is 2. The number of aromatic nitrogens is 2. The molecule has 2 aromatic heterocycles. The molecule has 35 heavy (non-hydrogen) atoms. The predicted molar refractivity (Wildman–Crippen MR) is 134 cm³/mol. The molecule has 3 aromatic rings. The molecule has 0 amide bonds. The fourth-order valence-corrected chi connectivity index (χ4v) is 6.21. The molecule has 1 aliphatic carbocycles. The number of hydrogen-bond donors (Lipinski definition) is 1. The van der Waals surface area contributed by atoms with Crippen molar-refractivity contribution in [1.29, 1.82) is 0 Å². The van der Waals surface area contributed by atoms with E-state index in [0.717, 1.165) is 54.4 Å². The van der Waals surface area contributed by atoms with E-state index in [0.29, 0.717) is 11.2 Å². The maximum atomic E-state index is 13.9. The van der Waals surface area contributed by atoms with Gasteiger partial charge in [-0.25, -0.2) is 0 Å². The molecule has 0 radical (unpaired) electrons. The number of nitrogens with one attached hydrogen (secondary N) is 1. The third kappa shape index (κ3) is 4.33. The normalized spacial score (nSPS) is 21.4. The summed E-state index contributed by atoms with van der Waals surface area (Å²) in [5.74, 6) is 0. The molecular formula is C27H29F3N4S. The van der Waals surface area contributed by atoms with Gasteiger partial charge in [-0.1, -0.05) is 37.5 Å².